The molecule has 1 atom stereocenters. The van der Waals surface area contributed by atoms with Gasteiger partial charge in [0.15, 0.2) is 11.3 Å². The monoisotopic (exact) mass is 381 g/mol. The van der Waals surface area contributed by atoms with E-state index in [1.165, 1.54) is 18.2 Å². The van der Waals surface area contributed by atoms with Crippen LogP contribution in [0.2, 0.25) is 0 Å². The molecule has 5 nitrogen and oxygen atoms in total. The van der Waals surface area contributed by atoms with E-state index in [4.69, 9.17) is 9.15 Å². The highest BCUT2D eigenvalue weighted by Crippen LogP contribution is 2.33. The van der Waals surface area contributed by atoms with Crippen molar-refractivity contribution in [3.63, 3.8) is 0 Å². The Morgan fingerprint density at radius 2 is 2.11 bits per heavy atom. The van der Waals surface area contributed by atoms with Crippen LogP contribution in [0, 0.1) is 5.82 Å². The standard InChI is InChI=1S/C22H20FNO4/c1-3-27-19-6-4-5-15-12-17(22(26)28-20(15)19)21(25)24-13(2)7-8-14-11-16(23)9-10-18(14)24/h4-6,9-13H,3,7-8H2,1-2H3/t13-/m0/s1. The number of hydrogen-bond acceptors (Lipinski definition) is 4. The predicted octanol–water partition coefficient (Wildman–Crippen LogP) is 4.31. The van der Waals surface area contributed by atoms with Crippen molar-refractivity contribution in [2.75, 3.05) is 11.5 Å². The molecule has 0 radical (unpaired) electrons. The molecule has 0 N–H and O–H groups in total. The summed E-state index contributed by atoms with van der Waals surface area (Å²) in [5, 5.41) is 0.609. The van der Waals surface area contributed by atoms with Crippen LogP contribution in [0.1, 0.15) is 36.2 Å². The molecular formula is C22H20FNO4. The first kappa shape index (κ1) is 18.2. The summed E-state index contributed by atoms with van der Waals surface area (Å²) in [5.41, 5.74) is 0.944. The first-order valence-electron chi connectivity index (χ1n) is 9.31. The number of benzene rings is 2. The fraction of sp³-hybridized carbons (Fsp3) is 0.273. The number of carbonyl (C=O) groups is 1. The van der Waals surface area contributed by atoms with Crippen LogP contribution in [0.3, 0.4) is 0 Å². The summed E-state index contributed by atoms with van der Waals surface area (Å²) >= 11 is 0. The number of carbonyl (C=O) groups excluding carboxylic acids is 1. The van der Waals surface area contributed by atoms with Crippen molar-refractivity contribution in [1.29, 1.82) is 0 Å². The van der Waals surface area contributed by atoms with Crippen molar-refractivity contribution in [1.82, 2.24) is 0 Å². The minimum absolute atomic E-state index is 0.0508. The molecule has 0 saturated carbocycles. The number of rotatable bonds is 3. The van der Waals surface area contributed by atoms with E-state index in [0.29, 0.717) is 41.9 Å². The fourth-order valence-electron chi connectivity index (χ4n) is 3.70. The number of hydrogen-bond donors (Lipinski definition) is 0. The molecule has 0 fully saturated rings. The highest BCUT2D eigenvalue weighted by molar-refractivity contribution is 6.08. The first-order chi connectivity index (χ1) is 13.5. The van der Waals surface area contributed by atoms with Gasteiger partial charge in [-0.1, -0.05) is 12.1 Å². The van der Waals surface area contributed by atoms with Gasteiger partial charge in [0, 0.05) is 17.1 Å². The van der Waals surface area contributed by atoms with Crippen LogP contribution in [0.4, 0.5) is 10.1 Å². The van der Waals surface area contributed by atoms with E-state index in [1.54, 1.807) is 29.2 Å². The van der Waals surface area contributed by atoms with Crippen LogP contribution in [-0.4, -0.2) is 18.6 Å². The number of nitrogens with zero attached hydrogens (tertiary/aromatic N) is 1. The molecule has 144 valence electrons. The Morgan fingerprint density at radius 1 is 1.29 bits per heavy atom. The Kier molecular flexibility index (Phi) is 4.63. The van der Waals surface area contributed by atoms with E-state index < -0.39 is 11.5 Å². The van der Waals surface area contributed by atoms with E-state index in [1.807, 2.05) is 13.8 Å². The summed E-state index contributed by atoms with van der Waals surface area (Å²) in [6.07, 6.45) is 1.37. The number of anilines is 1. The van der Waals surface area contributed by atoms with Crippen molar-refractivity contribution in [2.24, 2.45) is 0 Å². The van der Waals surface area contributed by atoms with Crippen LogP contribution in [-0.2, 0) is 6.42 Å². The molecular weight excluding hydrogens is 361 g/mol. The number of halogens is 1. The molecule has 1 amide bonds. The third-order valence-corrected chi connectivity index (χ3v) is 5.05. The molecule has 0 bridgehead atoms. The SMILES string of the molecule is CCOc1cccc2cc(C(=O)N3c4ccc(F)cc4CC[C@@H]3C)c(=O)oc12. The zero-order chi connectivity index (χ0) is 19.8. The second-order valence-electron chi connectivity index (χ2n) is 6.89. The summed E-state index contributed by atoms with van der Waals surface area (Å²) in [6.45, 7) is 4.19. The highest BCUT2D eigenvalue weighted by atomic mass is 19.1. The molecule has 0 saturated heterocycles. The topological polar surface area (TPSA) is 59.8 Å². The van der Waals surface area contributed by atoms with E-state index >= 15 is 0 Å². The Bertz CT molecular complexity index is 1120. The third-order valence-electron chi connectivity index (χ3n) is 5.05. The largest absolute Gasteiger partial charge is 0.490 e. The molecule has 1 aliphatic heterocycles. The lowest BCUT2D eigenvalue weighted by atomic mass is 9.95. The summed E-state index contributed by atoms with van der Waals surface area (Å²) < 4.78 is 24.5. The van der Waals surface area contributed by atoms with Crippen molar-refractivity contribution in [2.45, 2.75) is 32.7 Å². The number of aryl methyl sites for hydroxylation is 1. The number of fused-ring (bicyclic) bond motifs is 2. The van der Waals surface area contributed by atoms with Gasteiger partial charge in [-0.25, -0.2) is 9.18 Å². The van der Waals surface area contributed by atoms with Crippen LogP contribution < -0.4 is 15.3 Å². The van der Waals surface area contributed by atoms with Gasteiger partial charge in [-0.3, -0.25) is 4.79 Å². The lowest BCUT2D eigenvalue weighted by Gasteiger charge is -2.35. The van der Waals surface area contributed by atoms with Gasteiger partial charge in [-0.05, 0) is 62.6 Å². The Hall–Kier alpha value is -3.15. The van der Waals surface area contributed by atoms with Crippen molar-refractivity contribution < 1.29 is 18.3 Å². The molecule has 0 spiro atoms. The first-order valence-corrected chi connectivity index (χ1v) is 9.31. The van der Waals surface area contributed by atoms with Crippen molar-refractivity contribution in [3.05, 3.63) is 69.8 Å². The molecule has 1 aliphatic rings. The Morgan fingerprint density at radius 3 is 2.89 bits per heavy atom. The molecule has 3 aromatic rings. The van der Waals surface area contributed by atoms with Gasteiger partial charge in [0.1, 0.15) is 11.4 Å². The Labute approximate surface area is 161 Å². The molecule has 6 heteroatoms. The summed E-state index contributed by atoms with van der Waals surface area (Å²) in [6, 6.07) is 11.0. The maximum absolute atomic E-state index is 13.6. The lowest BCUT2D eigenvalue weighted by Crippen LogP contribution is -2.43. The molecule has 28 heavy (non-hydrogen) atoms. The maximum Gasteiger partial charge on any atom is 0.349 e. The van der Waals surface area contributed by atoms with Crippen molar-refractivity contribution in [3.8, 4) is 5.75 Å². The van der Waals surface area contributed by atoms with E-state index in [-0.39, 0.29) is 17.4 Å². The van der Waals surface area contributed by atoms with Crippen LogP contribution in [0.25, 0.3) is 11.0 Å². The predicted molar refractivity (Wildman–Crippen MR) is 105 cm³/mol. The van der Waals surface area contributed by atoms with Crippen LogP contribution in [0.15, 0.2) is 51.7 Å². The summed E-state index contributed by atoms with van der Waals surface area (Å²) in [5.74, 6) is -0.324. The zero-order valence-electron chi connectivity index (χ0n) is 15.7. The average molecular weight is 381 g/mol. The molecule has 0 aliphatic carbocycles. The van der Waals surface area contributed by atoms with Gasteiger partial charge in [-0.15, -0.1) is 0 Å². The smallest absolute Gasteiger partial charge is 0.349 e. The fourth-order valence-corrected chi connectivity index (χ4v) is 3.70. The molecule has 4 rings (SSSR count). The summed E-state index contributed by atoms with van der Waals surface area (Å²) in [7, 11) is 0. The second kappa shape index (κ2) is 7.11. The van der Waals surface area contributed by atoms with Gasteiger partial charge in [0.05, 0.1) is 6.61 Å². The van der Waals surface area contributed by atoms with Crippen LogP contribution in [0.5, 0.6) is 5.75 Å². The second-order valence-corrected chi connectivity index (χ2v) is 6.89. The van der Waals surface area contributed by atoms with Gasteiger partial charge < -0.3 is 14.1 Å². The third kappa shape index (κ3) is 3.05. The van der Waals surface area contributed by atoms with E-state index in [2.05, 4.69) is 0 Å². The van der Waals surface area contributed by atoms with E-state index in [0.717, 1.165) is 5.56 Å². The van der Waals surface area contributed by atoms with Gasteiger partial charge in [0.2, 0.25) is 0 Å². The van der Waals surface area contributed by atoms with E-state index in [9.17, 15) is 14.0 Å². The highest BCUT2D eigenvalue weighted by Gasteiger charge is 2.31. The van der Waals surface area contributed by atoms with Gasteiger partial charge >= 0.3 is 5.63 Å². The summed E-state index contributed by atoms with van der Waals surface area (Å²) in [4.78, 5) is 27.4. The lowest BCUT2D eigenvalue weighted by molar-refractivity contribution is 0.0971. The molecule has 2 heterocycles. The Balaban J connectivity index is 1.81. The molecule has 0 unspecified atom stereocenters. The normalized spacial score (nSPS) is 16.1. The quantitative estimate of drug-likeness (QED) is 0.634. The van der Waals surface area contributed by atoms with Gasteiger partial charge in [0.25, 0.3) is 5.91 Å². The number of ether oxygens (including phenoxy) is 1. The van der Waals surface area contributed by atoms with Crippen molar-refractivity contribution >= 4 is 22.6 Å². The van der Waals surface area contributed by atoms with Gasteiger partial charge in [-0.2, -0.15) is 0 Å². The average Bonchev–Trinajstić information content (AvgIpc) is 2.68. The zero-order valence-corrected chi connectivity index (χ0v) is 15.7. The number of para-hydroxylation sites is 1. The maximum atomic E-state index is 13.6. The minimum atomic E-state index is -0.717. The molecule has 2 aromatic carbocycles. The number of amides is 1. The van der Waals surface area contributed by atoms with Crippen LogP contribution >= 0.6 is 0 Å². The molecule has 1 aromatic heterocycles. The minimum Gasteiger partial charge on any atom is -0.490 e.